The van der Waals surface area contributed by atoms with Crippen LogP contribution in [0.25, 0.3) is 0 Å². The van der Waals surface area contributed by atoms with Crippen LogP contribution >= 0.6 is 11.8 Å². The van der Waals surface area contributed by atoms with E-state index in [1.807, 2.05) is 30.3 Å². The van der Waals surface area contributed by atoms with Crippen molar-refractivity contribution in [2.75, 3.05) is 5.32 Å². The molecule has 0 aromatic heterocycles. The third kappa shape index (κ3) is 6.23. The Morgan fingerprint density at radius 2 is 1.50 bits per heavy atom. The van der Waals surface area contributed by atoms with Crippen molar-refractivity contribution >= 4 is 35.1 Å². The molecule has 0 aliphatic heterocycles. The van der Waals surface area contributed by atoms with Gasteiger partial charge in [-0.15, -0.1) is 11.8 Å². The van der Waals surface area contributed by atoms with Crippen LogP contribution in [0.2, 0.25) is 0 Å². The van der Waals surface area contributed by atoms with Crippen molar-refractivity contribution in [2.24, 2.45) is 5.92 Å². The molecule has 5 nitrogen and oxygen atoms in total. The molecule has 1 amide bonds. The minimum atomic E-state index is -0.887. The van der Waals surface area contributed by atoms with Gasteiger partial charge in [0.15, 0.2) is 6.10 Å². The van der Waals surface area contributed by atoms with Crippen LogP contribution in [0.5, 0.6) is 0 Å². The van der Waals surface area contributed by atoms with Crippen LogP contribution in [0.15, 0.2) is 59.5 Å². The highest BCUT2D eigenvalue weighted by atomic mass is 32.2. The van der Waals surface area contributed by atoms with E-state index in [1.54, 1.807) is 52.0 Å². The number of ether oxygens (including phenoxy) is 1. The number of rotatable bonds is 8. The summed E-state index contributed by atoms with van der Waals surface area (Å²) in [7, 11) is 0. The summed E-state index contributed by atoms with van der Waals surface area (Å²) in [4.78, 5) is 37.5. The highest BCUT2D eigenvalue weighted by Gasteiger charge is 2.23. The molecule has 0 radical (unpaired) electrons. The first kappa shape index (κ1) is 21.7. The number of carbonyl (C=O) groups excluding carboxylic acids is 3. The molecule has 28 heavy (non-hydrogen) atoms. The van der Waals surface area contributed by atoms with Gasteiger partial charge in [0.05, 0.1) is 0 Å². The summed E-state index contributed by atoms with van der Waals surface area (Å²) in [6.45, 7) is 6.93. The molecule has 0 bridgehead atoms. The summed E-state index contributed by atoms with van der Waals surface area (Å²) in [6.07, 6.45) is -0.887. The van der Waals surface area contributed by atoms with E-state index in [0.717, 1.165) is 4.90 Å². The third-order valence-electron chi connectivity index (χ3n) is 4.01. The van der Waals surface area contributed by atoms with E-state index in [4.69, 9.17) is 4.74 Å². The molecular weight excluding hydrogens is 374 g/mol. The normalized spacial score (nSPS) is 12.9. The van der Waals surface area contributed by atoms with Gasteiger partial charge in [0.25, 0.3) is 0 Å². The van der Waals surface area contributed by atoms with E-state index in [-0.39, 0.29) is 17.6 Å². The van der Waals surface area contributed by atoms with Gasteiger partial charge < -0.3 is 10.1 Å². The minimum Gasteiger partial charge on any atom is -0.453 e. The Bertz CT molecular complexity index is 818. The molecular formula is C22H25NO4S. The van der Waals surface area contributed by atoms with Gasteiger partial charge in [0.2, 0.25) is 11.7 Å². The summed E-state index contributed by atoms with van der Waals surface area (Å²) in [5.41, 5.74) is 1.04. The van der Waals surface area contributed by atoms with E-state index >= 15 is 0 Å². The fourth-order valence-corrected chi connectivity index (χ4v) is 3.19. The Balaban J connectivity index is 1.92. The zero-order valence-electron chi connectivity index (χ0n) is 16.5. The number of benzene rings is 2. The molecule has 0 heterocycles. The first-order valence-electron chi connectivity index (χ1n) is 9.15. The summed E-state index contributed by atoms with van der Waals surface area (Å²) >= 11 is 1.39. The molecule has 2 aromatic rings. The number of nitrogens with one attached hydrogen (secondary N) is 1. The van der Waals surface area contributed by atoms with Gasteiger partial charge in [0.1, 0.15) is 5.25 Å². The number of anilines is 1. The molecule has 0 saturated heterocycles. The number of esters is 1. The van der Waals surface area contributed by atoms with Crippen molar-refractivity contribution in [1.82, 2.24) is 0 Å². The molecule has 0 saturated carbocycles. The van der Waals surface area contributed by atoms with Crippen molar-refractivity contribution in [3.63, 3.8) is 0 Å². The molecule has 2 rings (SSSR count). The van der Waals surface area contributed by atoms with Crippen molar-refractivity contribution in [3.8, 4) is 0 Å². The quantitative estimate of drug-likeness (QED) is 0.400. The van der Waals surface area contributed by atoms with Crippen molar-refractivity contribution < 1.29 is 19.1 Å². The van der Waals surface area contributed by atoms with Crippen molar-refractivity contribution in [2.45, 2.75) is 43.9 Å². The lowest BCUT2D eigenvalue weighted by Crippen LogP contribution is -2.28. The van der Waals surface area contributed by atoms with Crippen LogP contribution in [-0.2, 0) is 14.3 Å². The van der Waals surface area contributed by atoms with Crippen molar-refractivity contribution in [1.29, 1.82) is 0 Å². The molecule has 0 fully saturated rings. The highest BCUT2D eigenvalue weighted by Crippen LogP contribution is 2.24. The van der Waals surface area contributed by atoms with Gasteiger partial charge in [-0.2, -0.15) is 0 Å². The fourth-order valence-electron chi connectivity index (χ4n) is 2.31. The van der Waals surface area contributed by atoms with E-state index in [1.165, 1.54) is 11.8 Å². The second-order valence-corrected chi connectivity index (χ2v) is 8.15. The fraction of sp³-hybridized carbons (Fsp3) is 0.318. The van der Waals surface area contributed by atoms with Crippen LogP contribution in [0, 0.1) is 5.92 Å². The summed E-state index contributed by atoms with van der Waals surface area (Å²) < 4.78 is 5.35. The van der Waals surface area contributed by atoms with Crippen LogP contribution in [0.1, 0.15) is 38.1 Å². The molecule has 6 heteroatoms. The monoisotopic (exact) mass is 399 g/mol. The predicted octanol–water partition coefficient (Wildman–Crippen LogP) is 4.58. The van der Waals surface area contributed by atoms with Gasteiger partial charge in [-0.1, -0.05) is 32.0 Å². The van der Waals surface area contributed by atoms with Gasteiger partial charge >= 0.3 is 5.97 Å². The number of thioether (sulfide) groups is 1. The summed E-state index contributed by atoms with van der Waals surface area (Å²) in [6, 6.07) is 16.1. The van der Waals surface area contributed by atoms with E-state index in [9.17, 15) is 14.4 Å². The molecule has 2 aromatic carbocycles. The molecule has 148 valence electrons. The number of carbonyl (C=O) groups is 3. The SMILES string of the molecule is CC(C)C(=O)Nc1ccc(C(=O)[C@H](C)OC(=O)[C@H](C)Sc2ccccc2)cc1. The second kappa shape index (κ2) is 10.1. The van der Waals surface area contributed by atoms with Gasteiger partial charge in [0, 0.05) is 22.1 Å². The topological polar surface area (TPSA) is 72.5 Å². The Kier molecular flexibility index (Phi) is 7.81. The maximum atomic E-state index is 12.5. The van der Waals surface area contributed by atoms with Crippen LogP contribution in [-0.4, -0.2) is 29.0 Å². The molecule has 0 spiro atoms. The molecule has 0 unspecified atom stereocenters. The Morgan fingerprint density at radius 3 is 2.07 bits per heavy atom. The van der Waals surface area contributed by atoms with E-state index < -0.39 is 17.3 Å². The van der Waals surface area contributed by atoms with Crippen LogP contribution < -0.4 is 5.32 Å². The minimum absolute atomic E-state index is 0.0914. The Morgan fingerprint density at radius 1 is 0.893 bits per heavy atom. The number of ketones is 1. The molecule has 0 aliphatic rings. The zero-order chi connectivity index (χ0) is 20.7. The average Bonchev–Trinajstić information content (AvgIpc) is 2.68. The van der Waals surface area contributed by atoms with Crippen LogP contribution in [0.4, 0.5) is 5.69 Å². The number of hydrogen-bond acceptors (Lipinski definition) is 5. The maximum Gasteiger partial charge on any atom is 0.319 e. The Hall–Kier alpha value is -2.60. The van der Waals surface area contributed by atoms with Crippen LogP contribution in [0.3, 0.4) is 0 Å². The lowest BCUT2D eigenvalue weighted by atomic mass is 10.1. The number of hydrogen-bond donors (Lipinski definition) is 1. The largest absolute Gasteiger partial charge is 0.453 e. The summed E-state index contributed by atoms with van der Waals surface area (Å²) in [5, 5.41) is 2.34. The van der Waals surface area contributed by atoms with Crippen molar-refractivity contribution in [3.05, 3.63) is 60.2 Å². The highest BCUT2D eigenvalue weighted by molar-refractivity contribution is 8.00. The van der Waals surface area contributed by atoms with E-state index in [2.05, 4.69) is 5.32 Å². The third-order valence-corrected chi connectivity index (χ3v) is 5.10. The maximum absolute atomic E-state index is 12.5. The van der Waals surface area contributed by atoms with E-state index in [0.29, 0.717) is 11.3 Å². The zero-order valence-corrected chi connectivity index (χ0v) is 17.3. The molecule has 1 N–H and O–H groups in total. The number of Topliss-reactive ketones (excluding diaryl/α,β-unsaturated/α-hetero) is 1. The number of amides is 1. The smallest absolute Gasteiger partial charge is 0.319 e. The first-order valence-corrected chi connectivity index (χ1v) is 10.0. The van der Waals surface area contributed by atoms with Gasteiger partial charge in [-0.05, 0) is 50.2 Å². The second-order valence-electron chi connectivity index (χ2n) is 6.74. The predicted molar refractivity (Wildman–Crippen MR) is 112 cm³/mol. The lowest BCUT2D eigenvalue weighted by molar-refractivity contribution is -0.145. The molecule has 2 atom stereocenters. The lowest BCUT2D eigenvalue weighted by Gasteiger charge is -2.16. The van der Waals surface area contributed by atoms with Gasteiger partial charge in [-0.3, -0.25) is 14.4 Å². The molecule has 0 aliphatic carbocycles. The standard InChI is InChI=1S/C22H25NO4S/c1-14(2)21(25)23-18-12-10-17(11-13-18)20(24)15(3)27-22(26)16(4)28-19-8-6-5-7-9-19/h5-16H,1-4H3,(H,23,25)/t15-,16-/m0/s1. The van der Waals surface area contributed by atoms with Gasteiger partial charge in [-0.25, -0.2) is 0 Å². The Labute approximate surface area is 169 Å². The first-order chi connectivity index (χ1) is 13.3. The summed E-state index contributed by atoms with van der Waals surface area (Å²) in [5.74, 6) is -0.940. The average molecular weight is 400 g/mol.